The van der Waals surface area contributed by atoms with Crippen molar-refractivity contribution < 1.29 is 0 Å². The van der Waals surface area contributed by atoms with Gasteiger partial charge in [0.05, 0.1) is 11.8 Å². The summed E-state index contributed by atoms with van der Waals surface area (Å²) in [7, 11) is 0. The molecule has 0 aliphatic heterocycles. The Balaban J connectivity index is 2.81. The van der Waals surface area contributed by atoms with Gasteiger partial charge in [-0.15, -0.1) is 11.8 Å². The van der Waals surface area contributed by atoms with Crippen LogP contribution in [0.15, 0.2) is 23.1 Å². The summed E-state index contributed by atoms with van der Waals surface area (Å²) in [5.41, 5.74) is 7.49. The number of thioether (sulfide) groups is 1. The maximum Gasteiger partial charge on any atom is 0.0855 e. The van der Waals surface area contributed by atoms with Gasteiger partial charge in [0.25, 0.3) is 0 Å². The van der Waals surface area contributed by atoms with Crippen LogP contribution in [0.4, 0.5) is 5.69 Å². The first-order chi connectivity index (χ1) is 5.74. The predicted molar refractivity (Wildman–Crippen MR) is 51.9 cm³/mol. The van der Waals surface area contributed by atoms with Crippen LogP contribution in [0.25, 0.3) is 0 Å². The molecule has 0 fully saturated rings. The standard InChI is InChI=1S/C9H10N2S/c1-7-6-8(11)2-3-9(7)12-5-4-10/h2-3,6H,5,11H2,1H3. The summed E-state index contributed by atoms with van der Waals surface area (Å²) in [4.78, 5) is 1.13. The number of hydrogen-bond acceptors (Lipinski definition) is 3. The highest BCUT2D eigenvalue weighted by atomic mass is 32.2. The number of rotatable bonds is 2. The summed E-state index contributed by atoms with van der Waals surface area (Å²) in [5.74, 6) is 0.491. The molecule has 12 heavy (non-hydrogen) atoms. The zero-order valence-electron chi connectivity index (χ0n) is 6.87. The second-order valence-corrected chi connectivity index (χ2v) is 3.49. The number of hydrogen-bond donors (Lipinski definition) is 1. The van der Waals surface area contributed by atoms with Gasteiger partial charge in [-0.05, 0) is 30.7 Å². The fourth-order valence-corrected chi connectivity index (χ4v) is 1.62. The van der Waals surface area contributed by atoms with Crippen LogP contribution >= 0.6 is 11.8 Å². The Morgan fingerprint density at radius 2 is 2.33 bits per heavy atom. The molecule has 0 aliphatic carbocycles. The summed E-state index contributed by atoms with van der Waals surface area (Å²) in [6, 6.07) is 7.81. The van der Waals surface area contributed by atoms with Gasteiger partial charge < -0.3 is 5.73 Å². The fourth-order valence-electron chi connectivity index (χ4n) is 0.945. The van der Waals surface area contributed by atoms with Crippen molar-refractivity contribution in [2.24, 2.45) is 0 Å². The molecule has 2 N–H and O–H groups in total. The Labute approximate surface area is 76.4 Å². The molecule has 0 atom stereocenters. The van der Waals surface area contributed by atoms with Gasteiger partial charge in [-0.3, -0.25) is 0 Å². The van der Waals surface area contributed by atoms with Crippen molar-refractivity contribution in [1.82, 2.24) is 0 Å². The first kappa shape index (κ1) is 8.95. The highest BCUT2D eigenvalue weighted by molar-refractivity contribution is 7.99. The molecule has 0 radical (unpaired) electrons. The van der Waals surface area contributed by atoms with Gasteiger partial charge in [-0.25, -0.2) is 0 Å². The van der Waals surface area contributed by atoms with Crippen LogP contribution in [0.5, 0.6) is 0 Å². The molecule has 0 saturated heterocycles. The number of nitriles is 1. The zero-order valence-corrected chi connectivity index (χ0v) is 7.69. The van der Waals surface area contributed by atoms with Crippen LogP contribution in [0.1, 0.15) is 5.56 Å². The van der Waals surface area contributed by atoms with E-state index in [9.17, 15) is 0 Å². The van der Waals surface area contributed by atoms with Gasteiger partial charge in [0.15, 0.2) is 0 Å². The molecular formula is C9H10N2S. The van der Waals surface area contributed by atoms with Crippen molar-refractivity contribution in [3.05, 3.63) is 23.8 Å². The van der Waals surface area contributed by atoms with Gasteiger partial charge >= 0.3 is 0 Å². The average Bonchev–Trinajstić information content (AvgIpc) is 2.03. The van der Waals surface area contributed by atoms with Crippen LogP contribution in [-0.2, 0) is 0 Å². The molecule has 0 saturated carbocycles. The summed E-state index contributed by atoms with van der Waals surface area (Å²) >= 11 is 1.54. The van der Waals surface area contributed by atoms with Crippen molar-refractivity contribution in [2.45, 2.75) is 11.8 Å². The lowest BCUT2D eigenvalue weighted by atomic mass is 10.2. The van der Waals surface area contributed by atoms with Crippen LogP contribution < -0.4 is 5.73 Å². The molecule has 0 aromatic heterocycles. The molecule has 0 unspecified atom stereocenters. The van der Waals surface area contributed by atoms with E-state index in [1.807, 2.05) is 25.1 Å². The molecule has 0 aliphatic rings. The monoisotopic (exact) mass is 178 g/mol. The molecule has 62 valence electrons. The minimum Gasteiger partial charge on any atom is -0.399 e. The normalized spacial score (nSPS) is 9.33. The maximum absolute atomic E-state index is 8.38. The third-order valence-electron chi connectivity index (χ3n) is 1.49. The van der Waals surface area contributed by atoms with E-state index in [4.69, 9.17) is 11.0 Å². The molecule has 0 heterocycles. The van der Waals surface area contributed by atoms with Crippen LogP contribution in [0, 0.1) is 18.3 Å². The van der Waals surface area contributed by atoms with E-state index in [0.29, 0.717) is 5.75 Å². The highest BCUT2D eigenvalue weighted by Crippen LogP contribution is 2.23. The number of benzene rings is 1. The Bertz CT molecular complexity index is 315. The fraction of sp³-hybridized carbons (Fsp3) is 0.222. The van der Waals surface area contributed by atoms with Gasteiger partial charge in [0.1, 0.15) is 0 Å². The Morgan fingerprint density at radius 1 is 1.58 bits per heavy atom. The van der Waals surface area contributed by atoms with Crippen molar-refractivity contribution in [2.75, 3.05) is 11.5 Å². The molecule has 1 rings (SSSR count). The second kappa shape index (κ2) is 4.03. The van der Waals surface area contributed by atoms with Crippen LogP contribution in [0.3, 0.4) is 0 Å². The summed E-state index contributed by atoms with van der Waals surface area (Å²) < 4.78 is 0. The van der Waals surface area contributed by atoms with E-state index >= 15 is 0 Å². The molecule has 0 amide bonds. The van der Waals surface area contributed by atoms with Crippen molar-refractivity contribution in [3.8, 4) is 6.07 Å². The third-order valence-corrected chi connectivity index (χ3v) is 2.53. The number of aryl methyl sites for hydroxylation is 1. The Morgan fingerprint density at radius 3 is 2.92 bits per heavy atom. The second-order valence-electron chi connectivity index (χ2n) is 2.47. The lowest BCUT2D eigenvalue weighted by Crippen LogP contribution is -1.87. The molecule has 1 aromatic rings. The van der Waals surface area contributed by atoms with Gasteiger partial charge in [-0.1, -0.05) is 0 Å². The smallest absolute Gasteiger partial charge is 0.0855 e. The van der Waals surface area contributed by atoms with Crippen molar-refractivity contribution in [1.29, 1.82) is 5.26 Å². The maximum atomic E-state index is 8.38. The Kier molecular flexibility index (Phi) is 3.01. The summed E-state index contributed by atoms with van der Waals surface area (Å²) in [6.45, 7) is 2.00. The first-order valence-corrected chi connectivity index (χ1v) is 4.58. The van der Waals surface area contributed by atoms with Crippen molar-refractivity contribution in [3.63, 3.8) is 0 Å². The number of nitrogen functional groups attached to an aromatic ring is 1. The molecule has 2 nitrogen and oxygen atoms in total. The number of nitrogens with zero attached hydrogens (tertiary/aromatic N) is 1. The molecule has 0 bridgehead atoms. The Hall–Kier alpha value is -1.14. The minimum absolute atomic E-state index is 0.491. The van der Waals surface area contributed by atoms with E-state index < -0.39 is 0 Å². The van der Waals surface area contributed by atoms with E-state index in [-0.39, 0.29) is 0 Å². The van der Waals surface area contributed by atoms with Crippen LogP contribution in [-0.4, -0.2) is 5.75 Å². The third kappa shape index (κ3) is 2.18. The van der Waals surface area contributed by atoms with E-state index in [2.05, 4.69) is 6.07 Å². The summed E-state index contributed by atoms with van der Waals surface area (Å²) in [5, 5.41) is 8.38. The topological polar surface area (TPSA) is 49.8 Å². The van der Waals surface area contributed by atoms with Crippen molar-refractivity contribution >= 4 is 17.4 Å². The molecular weight excluding hydrogens is 168 g/mol. The predicted octanol–water partition coefficient (Wildman–Crippen LogP) is 2.19. The molecule has 0 spiro atoms. The highest BCUT2D eigenvalue weighted by Gasteiger charge is 1.97. The lowest BCUT2D eigenvalue weighted by Gasteiger charge is -2.02. The summed E-state index contributed by atoms with van der Waals surface area (Å²) in [6.07, 6.45) is 0. The number of nitrogens with two attached hydrogens (primary N) is 1. The SMILES string of the molecule is Cc1cc(N)ccc1SCC#N. The van der Waals surface area contributed by atoms with Gasteiger partial charge in [0.2, 0.25) is 0 Å². The first-order valence-electron chi connectivity index (χ1n) is 3.60. The van der Waals surface area contributed by atoms with E-state index in [1.54, 1.807) is 0 Å². The minimum atomic E-state index is 0.491. The largest absolute Gasteiger partial charge is 0.399 e. The van der Waals surface area contributed by atoms with Gasteiger partial charge in [0, 0.05) is 10.6 Å². The molecule has 3 heteroatoms. The number of anilines is 1. The van der Waals surface area contributed by atoms with E-state index in [0.717, 1.165) is 16.1 Å². The molecule has 1 aromatic carbocycles. The quantitative estimate of drug-likeness (QED) is 0.558. The van der Waals surface area contributed by atoms with Crippen LogP contribution in [0.2, 0.25) is 0 Å². The lowest BCUT2D eigenvalue weighted by molar-refractivity contribution is 1.30. The van der Waals surface area contributed by atoms with Gasteiger partial charge in [-0.2, -0.15) is 5.26 Å². The average molecular weight is 178 g/mol. The van der Waals surface area contributed by atoms with E-state index in [1.165, 1.54) is 11.8 Å². The zero-order chi connectivity index (χ0) is 8.97.